The van der Waals surface area contributed by atoms with Crippen molar-refractivity contribution in [3.63, 3.8) is 0 Å². The van der Waals surface area contributed by atoms with Gasteiger partial charge in [0.15, 0.2) is 0 Å². The zero-order valence-electron chi connectivity index (χ0n) is 51.5. The Morgan fingerprint density at radius 3 is 1.43 bits per heavy atom. The Morgan fingerprint density at radius 1 is 0.304 bits per heavy atom. The Bertz CT molecular complexity index is 4770. The zero-order chi connectivity index (χ0) is 56.8. The first-order valence-electron chi connectivity index (χ1n) is 28.8. The second-order valence-electron chi connectivity index (χ2n) is 13.0. The second kappa shape index (κ2) is 12.0. The van der Waals surface area contributed by atoms with Crippen molar-refractivity contribution in [2.75, 3.05) is 0 Å². The molecule has 0 unspecified atom stereocenters. The number of para-hydroxylation sites is 1. The van der Waals surface area contributed by atoms with E-state index >= 15 is 0 Å². The van der Waals surface area contributed by atoms with Gasteiger partial charge in [0, 0.05) is 21.5 Å². The predicted octanol–water partition coefficient (Wildman–Crippen LogP) is 15.6. The van der Waals surface area contributed by atoms with Crippen LogP contribution in [0.5, 0.6) is 0 Å². The van der Waals surface area contributed by atoms with Gasteiger partial charge >= 0.3 is 0 Å². The number of hydrogen-bond donors (Lipinski definition) is 0. The highest BCUT2D eigenvalue weighted by Gasteiger charge is 2.19. The van der Waals surface area contributed by atoms with Crippen molar-refractivity contribution >= 4 is 76.2 Å². The van der Waals surface area contributed by atoms with Crippen LogP contribution in [0.15, 0.2) is 202 Å². The summed E-state index contributed by atoms with van der Waals surface area (Å²) < 4.78 is 222. The third-order valence-corrected chi connectivity index (χ3v) is 9.86. The van der Waals surface area contributed by atoms with Crippen LogP contribution in [0, 0.1) is 0 Å². The van der Waals surface area contributed by atoms with Crippen LogP contribution in [0.1, 0.15) is 31.5 Å². The van der Waals surface area contributed by atoms with E-state index in [0.29, 0.717) is 0 Å². The minimum Gasteiger partial charge on any atom is -0.456 e. The van der Waals surface area contributed by atoms with Crippen LogP contribution in [0.2, 0.25) is 0 Å². The molecule has 12 aromatic rings. The molecule has 0 N–H and O–H groups in total. The SMILES string of the molecule is [2H]c1c([2H])c([2H])c2c(oc3c([2H])c([2H])c4oc5c([2H])c(-c6c([2H])c([2H])c7c([2H])c(-c8c9c([2H])c([2H])c([2H])c([2H])c9c(-c9ccc(-c%10ccccc%10)cc9)c9c([2H])c([2H])c([2H])c([2H])c89)c([2H])c([2H])c7c6[2H])c([2H])c([2H])c5c4c32)c1[2H]. The summed E-state index contributed by atoms with van der Waals surface area (Å²) in [6.07, 6.45) is 0. The van der Waals surface area contributed by atoms with Crippen molar-refractivity contribution in [2.45, 2.75) is 0 Å². The maximum Gasteiger partial charge on any atom is 0.136 e. The van der Waals surface area contributed by atoms with Crippen LogP contribution in [-0.2, 0) is 0 Å². The summed E-state index contributed by atoms with van der Waals surface area (Å²) in [6.45, 7) is 0. The molecule has 0 aliphatic carbocycles. The molecule has 2 aromatic heterocycles. The van der Waals surface area contributed by atoms with E-state index in [2.05, 4.69) is 0 Å². The minimum atomic E-state index is -0.923. The fourth-order valence-corrected chi connectivity index (χ4v) is 7.37. The van der Waals surface area contributed by atoms with E-state index in [1.807, 2.05) is 30.3 Å². The molecule has 0 saturated heterocycles. The fraction of sp³-hybridized carbons (Fsp3) is 0. The molecule has 2 nitrogen and oxygen atoms in total. The first kappa shape index (κ1) is 16.1. The Morgan fingerprint density at radius 2 is 0.768 bits per heavy atom. The van der Waals surface area contributed by atoms with E-state index in [1.165, 1.54) is 0 Å². The molecule has 0 saturated carbocycles. The van der Waals surface area contributed by atoms with E-state index < -0.39 is 194 Å². The smallest absolute Gasteiger partial charge is 0.136 e. The molecule has 56 heavy (non-hydrogen) atoms. The maximum absolute atomic E-state index is 9.85. The van der Waals surface area contributed by atoms with E-state index in [4.69, 9.17) is 22.5 Å². The second-order valence-corrected chi connectivity index (χ2v) is 13.0. The van der Waals surface area contributed by atoms with Crippen LogP contribution >= 0.6 is 0 Å². The molecule has 2 heterocycles. The van der Waals surface area contributed by atoms with Gasteiger partial charge in [-0.15, -0.1) is 0 Å². The maximum atomic E-state index is 9.85. The molecule has 2 heteroatoms. The van der Waals surface area contributed by atoms with Gasteiger partial charge in [0.1, 0.15) is 22.3 Å². The van der Waals surface area contributed by atoms with E-state index in [-0.39, 0.29) is 54.6 Å². The average molecular weight is 736 g/mol. The first-order chi connectivity index (χ1) is 37.4. The van der Waals surface area contributed by atoms with Gasteiger partial charge in [-0.1, -0.05) is 151 Å². The molecule has 0 aliphatic heterocycles. The van der Waals surface area contributed by atoms with E-state index in [1.54, 1.807) is 24.3 Å². The Kier molecular flexibility index (Phi) is 3.47. The lowest BCUT2D eigenvalue weighted by Crippen LogP contribution is -1.91. The molecular formula is C54H32O2. The molecular weight excluding hydrogens is 681 g/mol. The van der Waals surface area contributed by atoms with Crippen molar-refractivity contribution in [1.29, 1.82) is 0 Å². The van der Waals surface area contributed by atoms with Gasteiger partial charge in [0.2, 0.25) is 0 Å². The lowest BCUT2D eigenvalue weighted by Gasteiger charge is -2.18. The summed E-state index contributed by atoms with van der Waals surface area (Å²) in [4.78, 5) is 0. The molecule has 0 atom stereocenters. The quantitative estimate of drug-likeness (QED) is 0.168. The summed E-state index contributed by atoms with van der Waals surface area (Å²) in [5.74, 6) is 0. The van der Waals surface area contributed by atoms with Crippen molar-refractivity contribution < 1.29 is 40.4 Å². The molecule has 0 amide bonds. The van der Waals surface area contributed by atoms with Crippen LogP contribution < -0.4 is 0 Å². The molecule has 12 rings (SSSR count). The number of hydrogen-bond acceptors (Lipinski definition) is 2. The summed E-state index contributed by atoms with van der Waals surface area (Å²) in [5, 5.41) is -3.52. The standard InChI is InChI=1S/C54H32O2/c1-2-10-33(11-3-1)34-18-20-35(21-19-34)51-41-12-4-6-14-43(41)52(44-15-7-5-13-42(44)51)40-25-24-36-30-37(22-23-38(36)31-40)39-26-27-46-50(32-39)56-49-29-28-48-53(54(46)49)45-16-8-9-17-47(45)55-48/h1-32H/i4D,5D,6D,7D,8D,9D,12D,13D,14D,15D,16D,17D,22D,23D,24D,25D,26D,27D,28D,29D,30D,31D,32D. The van der Waals surface area contributed by atoms with E-state index in [9.17, 15) is 17.8 Å². The van der Waals surface area contributed by atoms with E-state index in [0.717, 1.165) is 11.1 Å². The van der Waals surface area contributed by atoms with Gasteiger partial charge in [0.05, 0.1) is 31.5 Å². The first-order valence-corrected chi connectivity index (χ1v) is 17.3. The molecule has 0 fully saturated rings. The highest BCUT2D eigenvalue weighted by Crippen LogP contribution is 2.45. The van der Waals surface area contributed by atoms with Crippen molar-refractivity contribution in [3.05, 3.63) is 194 Å². The van der Waals surface area contributed by atoms with Gasteiger partial charge in [-0.2, -0.15) is 0 Å². The summed E-state index contributed by atoms with van der Waals surface area (Å²) in [7, 11) is 0. The summed E-state index contributed by atoms with van der Waals surface area (Å²) in [5.41, 5.74) is -2.37. The third kappa shape index (κ3) is 4.69. The lowest BCUT2D eigenvalue weighted by atomic mass is 9.85. The number of furan rings is 2. The third-order valence-electron chi connectivity index (χ3n) is 9.86. The molecule has 0 bridgehead atoms. The van der Waals surface area contributed by atoms with Crippen molar-refractivity contribution in [3.8, 4) is 44.5 Å². The van der Waals surface area contributed by atoms with Gasteiger partial charge in [0.25, 0.3) is 0 Å². The number of benzene rings is 10. The lowest BCUT2D eigenvalue weighted by molar-refractivity contribution is 0.663. The highest BCUT2D eigenvalue weighted by molar-refractivity contribution is 6.26. The Balaban J connectivity index is 1.18. The Hall–Kier alpha value is -7.42. The average Bonchev–Trinajstić information content (AvgIpc) is 4.25. The summed E-state index contributed by atoms with van der Waals surface area (Å²) >= 11 is 0. The normalized spacial score (nSPS) is 17.7. The predicted molar refractivity (Wildman–Crippen MR) is 235 cm³/mol. The van der Waals surface area contributed by atoms with Crippen LogP contribution in [0.25, 0.3) is 121 Å². The van der Waals surface area contributed by atoms with Gasteiger partial charge in [-0.05, 0) is 119 Å². The topological polar surface area (TPSA) is 26.3 Å². The van der Waals surface area contributed by atoms with Gasteiger partial charge in [-0.25, -0.2) is 0 Å². The highest BCUT2D eigenvalue weighted by atomic mass is 16.3. The van der Waals surface area contributed by atoms with Crippen LogP contribution in [0.4, 0.5) is 0 Å². The molecule has 0 spiro atoms. The minimum absolute atomic E-state index is 0.0351. The molecule has 260 valence electrons. The van der Waals surface area contributed by atoms with Crippen LogP contribution in [-0.4, -0.2) is 0 Å². The van der Waals surface area contributed by atoms with Crippen molar-refractivity contribution in [1.82, 2.24) is 0 Å². The zero-order valence-corrected chi connectivity index (χ0v) is 28.5. The number of fused-ring (bicyclic) bond motifs is 10. The largest absolute Gasteiger partial charge is 0.456 e. The van der Waals surface area contributed by atoms with Crippen LogP contribution in [0.3, 0.4) is 0 Å². The van der Waals surface area contributed by atoms with Gasteiger partial charge < -0.3 is 8.83 Å². The fourth-order valence-electron chi connectivity index (χ4n) is 7.37. The molecule has 10 aromatic carbocycles. The van der Waals surface area contributed by atoms with Crippen molar-refractivity contribution in [2.24, 2.45) is 0 Å². The number of rotatable bonds is 4. The molecule has 0 radical (unpaired) electrons. The summed E-state index contributed by atoms with van der Waals surface area (Å²) in [6, 6.07) is -1.29. The Labute approximate surface area is 354 Å². The van der Waals surface area contributed by atoms with Gasteiger partial charge in [-0.3, -0.25) is 0 Å². The monoisotopic (exact) mass is 735 g/mol. The molecule has 0 aliphatic rings.